The zero-order valence-electron chi connectivity index (χ0n) is 12.8. The molecule has 0 aliphatic heterocycles. The van der Waals surface area contributed by atoms with E-state index in [1.165, 1.54) is 11.1 Å². The Balaban J connectivity index is 2.06. The molecule has 110 valence electrons. The van der Waals surface area contributed by atoms with Gasteiger partial charge in [-0.2, -0.15) is 0 Å². The molecule has 0 amide bonds. The highest BCUT2D eigenvalue weighted by molar-refractivity contribution is 5.67. The molecule has 2 aromatic carbocycles. The summed E-state index contributed by atoms with van der Waals surface area (Å²) in [5, 5.41) is 0. The zero-order chi connectivity index (χ0) is 15.1. The first-order valence-electron chi connectivity index (χ1n) is 7.31. The van der Waals surface area contributed by atoms with Gasteiger partial charge in [-0.1, -0.05) is 56.3 Å². The normalized spacial score (nSPS) is 10.2. The molecule has 21 heavy (non-hydrogen) atoms. The van der Waals surface area contributed by atoms with Crippen molar-refractivity contribution in [2.24, 2.45) is 0 Å². The molecule has 0 saturated heterocycles. The Morgan fingerprint density at radius 1 is 0.952 bits per heavy atom. The summed E-state index contributed by atoms with van der Waals surface area (Å²) in [6.07, 6.45) is 2.24. The second-order valence-electron chi connectivity index (χ2n) is 4.93. The Bertz CT molecular complexity index is 568. The summed E-state index contributed by atoms with van der Waals surface area (Å²) < 4.78 is 10.8. The van der Waals surface area contributed by atoms with Crippen LogP contribution in [-0.4, -0.2) is 13.7 Å². The summed E-state index contributed by atoms with van der Waals surface area (Å²) in [6.45, 7) is 6.80. The number of hydrogen-bond acceptors (Lipinski definition) is 2. The maximum Gasteiger partial charge on any atom is 0.119 e. The number of methoxy groups -OCH3 is 1. The minimum Gasteiger partial charge on any atom is -0.497 e. The third-order valence-electron chi connectivity index (χ3n) is 3.41. The summed E-state index contributed by atoms with van der Waals surface area (Å²) in [4.78, 5) is 0. The fourth-order valence-electron chi connectivity index (χ4n) is 2.04. The highest BCUT2D eigenvalue weighted by Gasteiger charge is 2.01. The van der Waals surface area contributed by atoms with Crippen LogP contribution in [0.25, 0.3) is 16.9 Å². The molecule has 2 aromatic rings. The molecule has 0 spiro atoms. The van der Waals surface area contributed by atoms with Crippen LogP contribution in [0.15, 0.2) is 55.1 Å². The number of hydrogen-bond donors (Lipinski definition) is 0. The lowest BCUT2D eigenvalue weighted by molar-refractivity contribution is 0.309. The van der Waals surface area contributed by atoms with E-state index in [1.54, 1.807) is 7.11 Å². The molecule has 0 aliphatic rings. The average molecular weight is 282 g/mol. The van der Waals surface area contributed by atoms with Crippen LogP contribution in [0.4, 0.5) is 0 Å². The van der Waals surface area contributed by atoms with Gasteiger partial charge in [-0.15, -0.1) is 0 Å². The molecule has 0 aromatic heterocycles. The highest BCUT2D eigenvalue weighted by atomic mass is 16.5. The van der Waals surface area contributed by atoms with Gasteiger partial charge in [0.2, 0.25) is 0 Å². The van der Waals surface area contributed by atoms with Crippen LogP contribution in [-0.2, 0) is 4.74 Å². The maximum absolute atomic E-state index is 5.67. The maximum atomic E-state index is 5.67. The van der Waals surface area contributed by atoms with Crippen LogP contribution in [0.1, 0.15) is 25.3 Å². The molecule has 2 heteroatoms. The molecule has 2 nitrogen and oxygen atoms in total. The lowest BCUT2D eigenvalue weighted by Crippen LogP contribution is -1.95. The van der Waals surface area contributed by atoms with Crippen molar-refractivity contribution in [1.82, 2.24) is 0 Å². The first-order chi connectivity index (χ1) is 10.2. The summed E-state index contributed by atoms with van der Waals surface area (Å²) in [7, 11) is 1.63. The average Bonchev–Trinajstić information content (AvgIpc) is 2.55. The van der Waals surface area contributed by atoms with Gasteiger partial charge in [0.25, 0.3) is 0 Å². The van der Waals surface area contributed by atoms with Crippen molar-refractivity contribution in [2.45, 2.75) is 19.8 Å². The summed E-state index contributed by atoms with van der Waals surface area (Å²) in [5.41, 5.74) is 3.34. The smallest absolute Gasteiger partial charge is 0.119 e. The number of benzene rings is 2. The molecule has 0 bridgehead atoms. The molecule has 0 fully saturated rings. The minimum absolute atomic E-state index is 0.682. The van der Waals surface area contributed by atoms with Crippen LogP contribution in [0, 0.1) is 0 Å². The van der Waals surface area contributed by atoms with Crippen molar-refractivity contribution in [3.05, 3.63) is 60.7 Å². The Morgan fingerprint density at radius 2 is 1.52 bits per heavy atom. The van der Waals surface area contributed by atoms with E-state index in [0.717, 1.165) is 30.8 Å². The van der Waals surface area contributed by atoms with Crippen molar-refractivity contribution < 1.29 is 9.47 Å². The summed E-state index contributed by atoms with van der Waals surface area (Å²) >= 11 is 0. The first kappa shape index (κ1) is 15.2. The van der Waals surface area contributed by atoms with Crippen LogP contribution in [0.5, 0.6) is 5.75 Å². The van der Waals surface area contributed by atoms with Crippen LogP contribution >= 0.6 is 0 Å². The van der Waals surface area contributed by atoms with Crippen LogP contribution in [0.3, 0.4) is 0 Å². The quantitative estimate of drug-likeness (QED) is 0.516. The van der Waals surface area contributed by atoms with Crippen molar-refractivity contribution in [2.75, 3.05) is 13.7 Å². The SMILES string of the molecule is C=C(OC)c1ccc(-c2ccc(OCCCC)cc2)cc1. The summed E-state index contributed by atoms with van der Waals surface area (Å²) in [6, 6.07) is 16.4. The predicted octanol–water partition coefficient (Wildman–Crippen LogP) is 5.15. The highest BCUT2D eigenvalue weighted by Crippen LogP contribution is 2.24. The molecular formula is C19H22O2. The van der Waals surface area contributed by atoms with Gasteiger partial charge in [0.15, 0.2) is 0 Å². The minimum atomic E-state index is 0.682. The Kier molecular flexibility index (Phi) is 5.44. The Morgan fingerprint density at radius 3 is 2.05 bits per heavy atom. The predicted molar refractivity (Wildman–Crippen MR) is 88.3 cm³/mol. The molecule has 0 aliphatic carbocycles. The van der Waals surface area contributed by atoms with Crippen molar-refractivity contribution in [1.29, 1.82) is 0 Å². The van der Waals surface area contributed by atoms with Gasteiger partial charge in [0.1, 0.15) is 11.5 Å². The number of rotatable bonds is 7. The standard InChI is InChI=1S/C19H22O2/c1-4-5-14-21-19-12-10-18(11-13-19)17-8-6-16(7-9-17)15(2)20-3/h6-13H,2,4-5,14H2,1,3H3. The second-order valence-corrected chi connectivity index (χ2v) is 4.93. The van der Waals surface area contributed by atoms with Gasteiger partial charge in [0.05, 0.1) is 13.7 Å². The Labute approximate surface area is 127 Å². The van der Waals surface area contributed by atoms with Gasteiger partial charge in [-0.05, 0) is 29.7 Å². The first-order valence-corrected chi connectivity index (χ1v) is 7.31. The summed E-state index contributed by atoms with van der Waals surface area (Å²) in [5.74, 6) is 1.61. The molecule has 2 rings (SSSR count). The fraction of sp³-hybridized carbons (Fsp3) is 0.263. The van der Waals surface area contributed by atoms with E-state index in [4.69, 9.17) is 9.47 Å². The molecule has 0 unspecified atom stereocenters. The van der Waals surface area contributed by atoms with Crippen molar-refractivity contribution in [3.8, 4) is 16.9 Å². The van der Waals surface area contributed by atoms with E-state index in [-0.39, 0.29) is 0 Å². The van der Waals surface area contributed by atoms with Crippen molar-refractivity contribution >= 4 is 5.76 Å². The molecular weight excluding hydrogens is 260 g/mol. The van der Waals surface area contributed by atoms with E-state index in [2.05, 4.69) is 37.8 Å². The topological polar surface area (TPSA) is 18.5 Å². The zero-order valence-corrected chi connectivity index (χ0v) is 12.8. The monoisotopic (exact) mass is 282 g/mol. The van der Waals surface area contributed by atoms with Gasteiger partial charge in [0, 0.05) is 5.56 Å². The molecule has 0 atom stereocenters. The van der Waals surface area contributed by atoms with Gasteiger partial charge in [-0.3, -0.25) is 0 Å². The molecule has 0 N–H and O–H groups in total. The van der Waals surface area contributed by atoms with E-state index < -0.39 is 0 Å². The Hall–Kier alpha value is -2.22. The third-order valence-corrected chi connectivity index (χ3v) is 3.41. The third kappa shape index (κ3) is 4.12. The van der Waals surface area contributed by atoms with E-state index in [0.29, 0.717) is 5.76 Å². The largest absolute Gasteiger partial charge is 0.497 e. The molecule has 0 heterocycles. The number of unbranched alkanes of at least 4 members (excludes halogenated alkanes) is 1. The van der Waals surface area contributed by atoms with Crippen LogP contribution in [0.2, 0.25) is 0 Å². The van der Waals surface area contributed by atoms with E-state index in [9.17, 15) is 0 Å². The van der Waals surface area contributed by atoms with Gasteiger partial charge >= 0.3 is 0 Å². The lowest BCUT2D eigenvalue weighted by Gasteiger charge is -2.08. The van der Waals surface area contributed by atoms with Gasteiger partial charge < -0.3 is 9.47 Å². The lowest BCUT2D eigenvalue weighted by atomic mass is 10.0. The van der Waals surface area contributed by atoms with E-state index in [1.807, 2.05) is 24.3 Å². The molecule has 0 radical (unpaired) electrons. The fourth-order valence-corrected chi connectivity index (χ4v) is 2.04. The van der Waals surface area contributed by atoms with E-state index >= 15 is 0 Å². The van der Waals surface area contributed by atoms with Crippen LogP contribution < -0.4 is 4.74 Å². The second kappa shape index (κ2) is 7.53. The number of ether oxygens (including phenoxy) is 2. The van der Waals surface area contributed by atoms with Crippen molar-refractivity contribution in [3.63, 3.8) is 0 Å². The molecule has 0 saturated carbocycles. The van der Waals surface area contributed by atoms with Gasteiger partial charge in [-0.25, -0.2) is 0 Å².